The van der Waals surface area contributed by atoms with Crippen LogP contribution >= 0.6 is 0 Å². The summed E-state index contributed by atoms with van der Waals surface area (Å²) in [7, 11) is 0. The Morgan fingerprint density at radius 1 is 1.15 bits per heavy atom. The van der Waals surface area contributed by atoms with Gasteiger partial charge in [-0.05, 0) is 17.7 Å². The molecule has 0 aromatic heterocycles. The lowest BCUT2D eigenvalue weighted by atomic mass is 9.99. The number of nitriles is 1. The highest BCUT2D eigenvalue weighted by Crippen LogP contribution is 2.60. The minimum absolute atomic E-state index is 0.386. The van der Waals surface area contributed by atoms with Gasteiger partial charge in [-0.25, -0.2) is 4.39 Å². The third-order valence-electron chi connectivity index (χ3n) is 4.46. The van der Waals surface area contributed by atoms with Crippen LogP contribution in [0.3, 0.4) is 0 Å². The second-order valence-electron chi connectivity index (χ2n) is 5.86. The molecule has 1 aliphatic rings. The first-order valence-corrected chi connectivity index (χ1v) is 7.63. The molecule has 3 atom stereocenters. The molecule has 1 aliphatic carbocycles. The molecule has 0 heterocycles. The number of nitrogens with one attached hydrogen (secondary N) is 1. The van der Waals surface area contributed by atoms with Crippen molar-refractivity contribution in [3.8, 4) is 6.07 Å². The lowest BCUT2D eigenvalue weighted by Crippen LogP contribution is -2.39. The molecule has 0 radical (unpaired) electrons. The Bertz CT molecular complexity index is 941. The summed E-state index contributed by atoms with van der Waals surface area (Å²) in [6.07, 6.45) is 0. The molecule has 130 valence electrons. The normalized spacial score (nSPS) is 23.5. The maximum absolute atomic E-state index is 13.7. The van der Waals surface area contributed by atoms with Gasteiger partial charge in [0.2, 0.25) is 5.41 Å². The third-order valence-corrected chi connectivity index (χ3v) is 4.46. The number of amides is 2. The average molecular weight is 353 g/mol. The molecule has 1 fully saturated rings. The Morgan fingerprint density at radius 3 is 2.35 bits per heavy atom. The molecule has 0 saturated heterocycles. The summed E-state index contributed by atoms with van der Waals surface area (Å²) in [6.45, 7) is 0. The Hall–Kier alpha value is -3.60. The van der Waals surface area contributed by atoms with Gasteiger partial charge in [-0.2, -0.15) is 5.26 Å². The largest absolute Gasteiger partial charge is 0.291 e. The first-order valence-electron chi connectivity index (χ1n) is 7.63. The van der Waals surface area contributed by atoms with Crippen molar-refractivity contribution in [2.75, 3.05) is 0 Å². The lowest BCUT2D eigenvalue weighted by molar-refractivity contribution is -0.500. The molecule has 1 saturated carbocycles. The van der Waals surface area contributed by atoms with E-state index < -0.39 is 39.9 Å². The molecule has 0 bridgehead atoms. The summed E-state index contributed by atoms with van der Waals surface area (Å²) in [4.78, 5) is 35.4. The van der Waals surface area contributed by atoms with Gasteiger partial charge in [0.25, 0.3) is 17.9 Å². The van der Waals surface area contributed by atoms with Gasteiger partial charge in [-0.1, -0.05) is 42.5 Å². The van der Waals surface area contributed by atoms with Crippen molar-refractivity contribution >= 4 is 11.8 Å². The number of hydrogen-bond acceptors (Lipinski definition) is 5. The number of halogens is 1. The molecule has 8 heteroatoms. The molecule has 2 aromatic carbocycles. The molecule has 0 aliphatic heterocycles. The van der Waals surface area contributed by atoms with Crippen LogP contribution in [0, 0.1) is 32.7 Å². The summed E-state index contributed by atoms with van der Waals surface area (Å²) in [6, 6.07) is 13.3. The summed E-state index contributed by atoms with van der Waals surface area (Å²) in [5.74, 6) is -3.99. The number of imide groups is 1. The predicted octanol–water partition coefficient (Wildman–Crippen LogP) is 2.03. The van der Waals surface area contributed by atoms with Gasteiger partial charge in [0.15, 0.2) is 0 Å². The van der Waals surface area contributed by atoms with Gasteiger partial charge in [-0.3, -0.25) is 25.0 Å². The lowest BCUT2D eigenvalue weighted by Gasteiger charge is -2.08. The molecule has 3 rings (SSSR count). The number of benzene rings is 2. The maximum Gasteiger partial charge on any atom is 0.260 e. The van der Waals surface area contributed by atoms with Crippen LogP contribution in [-0.4, -0.2) is 22.8 Å². The highest BCUT2D eigenvalue weighted by molar-refractivity contribution is 6.09. The zero-order valence-corrected chi connectivity index (χ0v) is 13.3. The van der Waals surface area contributed by atoms with E-state index in [0.717, 1.165) is 6.07 Å². The molecular formula is C18H12FN3O4. The smallest absolute Gasteiger partial charge is 0.260 e. The first kappa shape index (κ1) is 17.2. The number of carbonyl (C=O) groups is 2. The van der Waals surface area contributed by atoms with E-state index in [9.17, 15) is 29.4 Å². The number of carbonyl (C=O) groups excluding carboxylic acids is 2. The number of rotatable bonds is 4. The fraction of sp³-hybridized carbons (Fsp3) is 0.167. The van der Waals surface area contributed by atoms with Crippen molar-refractivity contribution < 1.29 is 18.9 Å². The standard InChI is InChI=1S/C18H12FN3O4/c19-13-9-5-4-8-12(13)16(23)21-17(24)18(10-20)14(15(18)22(25)26)11-6-2-1-3-7-11/h1-9,14-15H,(H,21,23,24)/t14-,15-,18-/m0/s1. The fourth-order valence-corrected chi connectivity index (χ4v) is 3.14. The fourth-order valence-electron chi connectivity index (χ4n) is 3.14. The van der Waals surface area contributed by atoms with Crippen LogP contribution in [0.25, 0.3) is 0 Å². The summed E-state index contributed by atoms with van der Waals surface area (Å²) < 4.78 is 13.7. The Kier molecular flexibility index (Phi) is 4.22. The Labute approximate surface area is 147 Å². The highest BCUT2D eigenvalue weighted by atomic mass is 19.1. The predicted molar refractivity (Wildman–Crippen MR) is 86.9 cm³/mol. The van der Waals surface area contributed by atoms with Crippen molar-refractivity contribution in [1.29, 1.82) is 5.26 Å². The molecule has 0 spiro atoms. The minimum Gasteiger partial charge on any atom is -0.291 e. The Balaban J connectivity index is 1.91. The molecule has 26 heavy (non-hydrogen) atoms. The van der Waals surface area contributed by atoms with E-state index in [0.29, 0.717) is 5.56 Å². The van der Waals surface area contributed by atoms with Crippen molar-refractivity contribution in [3.05, 3.63) is 81.7 Å². The zero-order valence-electron chi connectivity index (χ0n) is 13.3. The van der Waals surface area contributed by atoms with Gasteiger partial charge in [0, 0.05) is 4.92 Å². The van der Waals surface area contributed by atoms with Gasteiger partial charge in [0.1, 0.15) is 5.82 Å². The molecular weight excluding hydrogens is 341 g/mol. The van der Waals surface area contributed by atoms with E-state index in [1.54, 1.807) is 36.4 Å². The molecule has 0 unspecified atom stereocenters. The van der Waals surface area contributed by atoms with Crippen LogP contribution in [-0.2, 0) is 4.79 Å². The van der Waals surface area contributed by atoms with Crippen molar-refractivity contribution in [2.24, 2.45) is 5.41 Å². The summed E-state index contributed by atoms with van der Waals surface area (Å²) in [5, 5.41) is 22.8. The van der Waals surface area contributed by atoms with E-state index in [4.69, 9.17) is 0 Å². The van der Waals surface area contributed by atoms with E-state index in [2.05, 4.69) is 0 Å². The molecule has 1 N–H and O–H groups in total. The quantitative estimate of drug-likeness (QED) is 0.513. The van der Waals surface area contributed by atoms with Gasteiger partial charge in [0.05, 0.1) is 17.6 Å². The number of hydrogen-bond donors (Lipinski definition) is 1. The van der Waals surface area contributed by atoms with Crippen LogP contribution in [0.15, 0.2) is 54.6 Å². The second-order valence-corrected chi connectivity index (χ2v) is 5.86. The van der Waals surface area contributed by atoms with Gasteiger partial charge < -0.3 is 0 Å². The SMILES string of the molecule is N#C[C@@]1(C(=O)NC(=O)c2ccccc2F)[C@@H]([N+](=O)[O-])[C@@H]1c1ccccc1. The van der Waals surface area contributed by atoms with E-state index in [-0.39, 0.29) is 5.56 Å². The monoisotopic (exact) mass is 353 g/mol. The second kappa shape index (κ2) is 6.37. The molecule has 7 nitrogen and oxygen atoms in total. The first-order chi connectivity index (χ1) is 12.4. The average Bonchev–Trinajstić information content (AvgIpc) is 3.33. The third kappa shape index (κ3) is 2.59. The van der Waals surface area contributed by atoms with Crippen LogP contribution in [0.5, 0.6) is 0 Å². The molecule has 2 aromatic rings. The summed E-state index contributed by atoms with van der Waals surface area (Å²) >= 11 is 0. The Morgan fingerprint density at radius 2 is 1.77 bits per heavy atom. The number of nitro groups is 1. The van der Waals surface area contributed by atoms with Crippen molar-refractivity contribution in [3.63, 3.8) is 0 Å². The van der Waals surface area contributed by atoms with Crippen LogP contribution in [0.4, 0.5) is 4.39 Å². The van der Waals surface area contributed by atoms with Crippen molar-refractivity contribution in [2.45, 2.75) is 12.0 Å². The van der Waals surface area contributed by atoms with Gasteiger partial charge >= 0.3 is 0 Å². The van der Waals surface area contributed by atoms with Crippen LogP contribution in [0.1, 0.15) is 21.8 Å². The number of nitrogens with zero attached hydrogens (tertiary/aromatic N) is 2. The molecule has 2 amide bonds. The van der Waals surface area contributed by atoms with E-state index >= 15 is 0 Å². The topological polar surface area (TPSA) is 113 Å². The van der Waals surface area contributed by atoms with E-state index in [1.165, 1.54) is 18.2 Å². The van der Waals surface area contributed by atoms with E-state index in [1.807, 2.05) is 5.32 Å². The highest BCUT2D eigenvalue weighted by Gasteiger charge is 2.80. The van der Waals surface area contributed by atoms with Gasteiger partial charge in [-0.15, -0.1) is 0 Å². The maximum atomic E-state index is 13.7. The summed E-state index contributed by atoms with van der Waals surface area (Å²) in [5.41, 5.74) is -1.96. The van der Waals surface area contributed by atoms with Crippen LogP contribution in [0.2, 0.25) is 0 Å². The minimum atomic E-state index is -2.02. The zero-order chi connectivity index (χ0) is 18.9. The van der Waals surface area contributed by atoms with Crippen molar-refractivity contribution in [1.82, 2.24) is 5.32 Å². The van der Waals surface area contributed by atoms with Crippen LogP contribution < -0.4 is 5.32 Å².